The average Bonchev–Trinajstić information content (AvgIpc) is 2.83. The van der Waals surface area contributed by atoms with Crippen molar-refractivity contribution < 1.29 is 5.11 Å². The van der Waals surface area contributed by atoms with E-state index in [1.54, 1.807) is 11.3 Å². The Balaban J connectivity index is 1.70. The summed E-state index contributed by atoms with van der Waals surface area (Å²) in [6.07, 6.45) is 4.17. The first-order valence-corrected chi connectivity index (χ1v) is 6.51. The summed E-state index contributed by atoms with van der Waals surface area (Å²) in [6.45, 7) is 1.64. The van der Waals surface area contributed by atoms with E-state index in [2.05, 4.69) is 15.7 Å². The summed E-state index contributed by atoms with van der Waals surface area (Å²) in [5.74, 6) is 0.736. The van der Waals surface area contributed by atoms with Gasteiger partial charge in [0, 0.05) is 24.3 Å². The topological polar surface area (TPSA) is 45.2 Å². The van der Waals surface area contributed by atoms with Crippen LogP contribution < -0.4 is 5.32 Å². The number of nitrogens with one attached hydrogen (secondary N) is 1. The summed E-state index contributed by atoms with van der Waals surface area (Å²) in [4.78, 5) is 4.61. The van der Waals surface area contributed by atoms with E-state index >= 15 is 0 Å². The Bertz CT molecular complexity index is 353. The summed E-state index contributed by atoms with van der Waals surface area (Å²) in [6, 6.07) is 0. The van der Waals surface area contributed by atoms with Gasteiger partial charge in [0.05, 0.1) is 16.3 Å². The molecule has 2 aliphatic rings. The van der Waals surface area contributed by atoms with Crippen LogP contribution >= 0.6 is 11.3 Å². The van der Waals surface area contributed by atoms with Gasteiger partial charge in [-0.05, 0) is 25.8 Å². The first-order valence-electron chi connectivity index (χ1n) is 5.63. The Morgan fingerprint density at radius 1 is 1.60 bits per heavy atom. The molecule has 1 saturated heterocycles. The minimum Gasteiger partial charge on any atom is -0.388 e. The second-order valence-electron chi connectivity index (χ2n) is 4.78. The molecule has 4 heteroatoms. The first kappa shape index (κ1) is 9.75. The predicted octanol–water partition coefficient (Wildman–Crippen LogP) is 1.29. The van der Waals surface area contributed by atoms with Gasteiger partial charge in [0.25, 0.3) is 0 Å². The lowest BCUT2D eigenvalue weighted by Crippen LogP contribution is -2.33. The Labute approximate surface area is 93.5 Å². The molecule has 1 aliphatic heterocycles. The van der Waals surface area contributed by atoms with Crippen LogP contribution in [0.25, 0.3) is 0 Å². The fourth-order valence-corrected chi connectivity index (χ4v) is 3.13. The summed E-state index contributed by atoms with van der Waals surface area (Å²) >= 11 is 1.76. The molecule has 1 aromatic heterocycles. The molecule has 0 bridgehead atoms. The minimum atomic E-state index is -0.547. The Hall–Kier alpha value is -0.450. The summed E-state index contributed by atoms with van der Waals surface area (Å²) in [5, 5.41) is 16.8. The SMILES string of the molecule is OC1(Cc2csc(C3CC3)n2)CCNC1. The van der Waals surface area contributed by atoms with E-state index in [-0.39, 0.29) is 0 Å². The highest BCUT2D eigenvalue weighted by Crippen LogP contribution is 2.41. The molecule has 1 atom stereocenters. The van der Waals surface area contributed by atoms with Crippen molar-refractivity contribution in [2.45, 2.75) is 37.2 Å². The van der Waals surface area contributed by atoms with E-state index in [9.17, 15) is 5.11 Å². The van der Waals surface area contributed by atoms with Gasteiger partial charge >= 0.3 is 0 Å². The molecule has 1 aliphatic carbocycles. The highest BCUT2D eigenvalue weighted by atomic mass is 32.1. The van der Waals surface area contributed by atoms with Gasteiger partial charge in [-0.1, -0.05) is 0 Å². The van der Waals surface area contributed by atoms with Crippen molar-refractivity contribution >= 4 is 11.3 Å². The van der Waals surface area contributed by atoms with Crippen LogP contribution in [0.1, 0.15) is 35.9 Å². The normalized spacial score (nSPS) is 31.0. The van der Waals surface area contributed by atoms with Gasteiger partial charge in [0.1, 0.15) is 0 Å². The fourth-order valence-electron chi connectivity index (χ4n) is 2.14. The van der Waals surface area contributed by atoms with Crippen LogP contribution in [0, 0.1) is 0 Å². The third-order valence-corrected chi connectivity index (χ3v) is 4.28. The first-order chi connectivity index (χ1) is 7.25. The molecular weight excluding hydrogens is 208 g/mol. The van der Waals surface area contributed by atoms with Crippen molar-refractivity contribution in [2.75, 3.05) is 13.1 Å². The highest BCUT2D eigenvalue weighted by Gasteiger charge is 2.33. The molecule has 2 fully saturated rings. The Morgan fingerprint density at radius 3 is 3.13 bits per heavy atom. The molecule has 3 rings (SSSR count). The highest BCUT2D eigenvalue weighted by molar-refractivity contribution is 7.09. The number of rotatable bonds is 3. The molecule has 1 aromatic rings. The molecule has 3 nitrogen and oxygen atoms in total. The molecule has 1 saturated carbocycles. The second-order valence-corrected chi connectivity index (χ2v) is 5.67. The molecule has 0 radical (unpaired) electrons. The largest absolute Gasteiger partial charge is 0.388 e. The van der Waals surface area contributed by atoms with Crippen molar-refractivity contribution in [1.82, 2.24) is 10.3 Å². The van der Waals surface area contributed by atoms with Crippen molar-refractivity contribution in [1.29, 1.82) is 0 Å². The molecule has 2 heterocycles. The summed E-state index contributed by atoms with van der Waals surface area (Å²) in [7, 11) is 0. The minimum absolute atomic E-state index is 0.547. The molecule has 0 aromatic carbocycles. The maximum atomic E-state index is 10.2. The van der Waals surface area contributed by atoms with Crippen molar-refractivity contribution in [3.63, 3.8) is 0 Å². The fraction of sp³-hybridized carbons (Fsp3) is 0.727. The number of aromatic nitrogens is 1. The quantitative estimate of drug-likeness (QED) is 0.813. The Morgan fingerprint density at radius 2 is 2.47 bits per heavy atom. The number of β-amino-alcohol motifs (C(OH)–C–C–N with tert-alkyl or cyclic N) is 1. The lowest BCUT2D eigenvalue weighted by Gasteiger charge is -2.19. The van der Waals surface area contributed by atoms with Crippen molar-refractivity contribution in [3.05, 3.63) is 16.1 Å². The van der Waals surface area contributed by atoms with Crippen LogP contribution in [-0.2, 0) is 6.42 Å². The summed E-state index contributed by atoms with van der Waals surface area (Å²) in [5.41, 5.74) is 0.530. The predicted molar refractivity (Wildman–Crippen MR) is 60.2 cm³/mol. The third kappa shape index (κ3) is 2.07. The molecule has 0 amide bonds. The van der Waals surface area contributed by atoms with Crippen molar-refractivity contribution in [2.24, 2.45) is 0 Å². The van der Waals surface area contributed by atoms with Gasteiger partial charge < -0.3 is 10.4 Å². The molecular formula is C11H16N2OS. The number of thiazole rings is 1. The number of aliphatic hydroxyl groups is 1. The zero-order chi connectivity index (χ0) is 10.3. The molecule has 2 N–H and O–H groups in total. The molecule has 82 valence electrons. The van der Waals surface area contributed by atoms with Crippen molar-refractivity contribution in [3.8, 4) is 0 Å². The summed E-state index contributed by atoms with van der Waals surface area (Å²) < 4.78 is 0. The molecule has 1 unspecified atom stereocenters. The van der Waals surface area contributed by atoms with Gasteiger partial charge in [0.2, 0.25) is 0 Å². The van der Waals surface area contributed by atoms with Crippen LogP contribution in [0.3, 0.4) is 0 Å². The van der Waals surface area contributed by atoms with E-state index in [0.717, 1.165) is 24.6 Å². The Kier molecular flexibility index (Phi) is 2.30. The van der Waals surface area contributed by atoms with Gasteiger partial charge in [-0.15, -0.1) is 11.3 Å². The maximum absolute atomic E-state index is 10.2. The van der Waals surface area contributed by atoms with Crippen LogP contribution in [0.2, 0.25) is 0 Å². The lowest BCUT2D eigenvalue weighted by molar-refractivity contribution is 0.0610. The van der Waals surface area contributed by atoms with Crippen LogP contribution in [-0.4, -0.2) is 28.8 Å². The standard InChI is InChI=1S/C11H16N2OS/c14-11(3-4-12-7-11)5-9-6-15-10(13-9)8-1-2-8/h6,8,12,14H,1-5,7H2. The van der Waals surface area contributed by atoms with E-state index < -0.39 is 5.60 Å². The molecule has 0 spiro atoms. The zero-order valence-electron chi connectivity index (χ0n) is 8.70. The lowest BCUT2D eigenvalue weighted by atomic mass is 9.97. The van der Waals surface area contributed by atoms with Crippen LogP contribution in [0.5, 0.6) is 0 Å². The average molecular weight is 224 g/mol. The van der Waals surface area contributed by atoms with E-state index in [4.69, 9.17) is 0 Å². The van der Waals surface area contributed by atoms with E-state index in [1.165, 1.54) is 17.8 Å². The molecule has 15 heavy (non-hydrogen) atoms. The van der Waals surface area contributed by atoms with Crippen LogP contribution in [0.4, 0.5) is 0 Å². The number of hydrogen-bond donors (Lipinski definition) is 2. The van der Waals surface area contributed by atoms with Gasteiger partial charge in [-0.3, -0.25) is 0 Å². The van der Waals surface area contributed by atoms with E-state index in [0.29, 0.717) is 13.0 Å². The number of hydrogen-bond acceptors (Lipinski definition) is 4. The third-order valence-electron chi connectivity index (χ3n) is 3.23. The maximum Gasteiger partial charge on any atom is 0.0959 e. The zero-order valence-corrected chi connectivity index (χ0v) is 9.52. The smallest absolute Gasteiger partial charge is 0.0959 e. The van der Waals surface area contributed by atoms with Gasteiger partial charge in [-0.25, -0.2) is 4.98 Å². The number of nitrogens with zero attached hydrogens (tertiary/aromatic N) is 1. The second kappa shape index (κ2) is 3.54. The van der Waals surface area contributed by atoms with Gasteiger partial charge in [0.15, 0.2) is 0 Å². The van der Waals surface area contributed by atoms with Gasteiger partial charge in [-0.2, -0.15) is 0 Å². The van der Waals surface area contributed by atoms with Crippen LogP contribution in [0.15, 0.2) is 5.38 Å². The van der Waals surface area contributed by atoms with E-state index in [1.807, 2.05) is 0 Å². The monoisotopic (exact) mass is 224 g/mol.